The van der Waals surface area contributed by atoms with Crippen molar-refractivity contribution in [3.05, 3.63) is 59.9 Å². The topological polar surface area (TPSA) is 35.6 Å². The minimum atomic E-state index is -0.172. The maximum Gasteiger partial charge on any atom is 0.225 e. The molecule has 26 heavy (non-hydrogen) atoms. The van der Waals surface area contributed by atoms with E-state index < -0.39 is 0 Å². The summed E-state index contributed by atoms with van der Waals surface area (Å²) in [6.45, 7) is 6.07. The Labute approximate surface area is 154 Å². The molecule has 1 heterocycles. The Balaban J connectivity index is 1.42. The summed E-state index contributed by atoms with van der Waals surface area (Å²) < 4.78 is 13.9. The lowest BCUT2D eigenvalue weighted by atomic mass is 10.1. The molecule has 2 aromatic rings. The fourth-order valence-electron chi connectivity index (χ4n) is 3.23. The molecule has 4 nitrogen and oxygen atoms in total. The van der Waals surface area contributed by atoms with Crippen molar-refractivity contribution in [2.24, 2.45) is 0 Å². The summed E-state index contributed by atoms with van der Waals surface area (Å²) in [5, 5.41) is 2.95. The van der Waals surface area contributed by atoms with Crippen LogP contribution in [0.1, 0.15) is 18.9 Å². The van der Waals surface area contributed by atoms with Gasteiger partial charge in [0, 0.05) is 44.8 Å². The fraction of sp³-hybridized carbons (Fsp3) is 0.381. The number of piperazine rings is 1. The van der Waals surface area contributed by atoms with Crippen molar-refractivity contribution >= 4 is 17.3 Å². The minimum absolute atomic E-state index is 0.0331. The van der Waals surface area contributed by atoms with Gasteiger partial charge in [-0.25, -0.2) is 4.39 Å². The van der Waals surface area contributed by atoms with Gasteiger partial charge in [-0.15, -0.1) is 0 Å². The van der Waals surface area contributed by atoms with E-state index in [1.807, 2.05) is 36.4 Å². The number of halogens is 1. The number of hydrogen-bond acceptors (Lipinski definition) is 3. The summed E-state index contributed by atoms with van der Waals surface area (Å²) in [5.41, 5.74) is 2.77. The molecule has 0 aromatic heterocycles. The van der Waals surface area contributed by atoms with Crippen LogP contribution in [-0.4, -0.2) is 43.5 Å². The number of carbonyl (C=O) groups is 1. The van der Waals surface area contributed by atoms with Crippen LogP contribution in [0.3, 0.4) is 0 Å². The highest BCUT2D eigenvalue weighted by Crippen LogP contribution is 2.20. The molecule has 1 saturated heterocycles. The molecule has 138 valence electrons. The lowest BCUT2D eigenvalue weighted by Crippen LogP contribution is -2.47. The van der Waals surface area contributed by atoms with Gasteiger partial charge in [-0.05, 0) is 36.2 Å². The Morgan fingerprint density at radius 1 is 1.04 bits per heavy atom. The quantitative estimate of drug-likeness (QED) is 0.861. The predicted octanol–water partition coefficient (Wildman–Crippen LogP) is 3.54. The number of para-hydroxylation sites is 1. The highest BCUT2D eigenvalue weighted by Gasteiger charge is 2.19. The van der Waals surface area contributed by atoms with Gasteiger partial charge in [-0.1, -0.05) is 31.2 Å². The van der Waals surface area contributed by atoms with Crippen LogP contribution in [0.2, 0.25) is 0 Å². The Morgan fingerprint density at radius 3 is 2.38 bits per heavy atom. The number of anilines is 2. The zero-order valence-electron chi connectivity index (χ0n) is 15.2. The average molecular weight is 355 g/mol. The molecule has 3 rings (SSSR count). The van der Waals surface area contributed by atoms with Crippen LogP contribution in [0.25, 0.3) is 0 Å². The molecule has 2 aromatic carbocycles. The van der Waals surface area contributed by atoms with E-state index >= 15 is 0 Å². The zero-order chi connectivity index (χ0) is 18.4. The summed E-state index contributed by atoms with van der Waals surface area (Å²) in [5.74, 6) is -0.139. The van der Waals surface area contributed by atoms with Crippen molar-refractivity contribution in [1.82, 2.24) is 4.90 Å². The van der Waals surface area contributed by atoms with Crippen LogP contribution in [0.15, 0.2) is 48.5 Å². The molecule has 0 saturated carbocycles. The molecule has 0 unspecified atom stereocenters. The summed E-state index contributed by atoms with van der Waals surface area (Å²) >= 11 is 0. The molecule has 0 bridgehead atoms. The third-order valence-corrected chi connectivity index (χ3v) is 4.87. The Morgan fingerprint density at radius 2 is 1.73 bits per heavy atom. The molecule has 0 aliphatic carbocycles. The van der Waals surface area contributed by atoms with E-state index in [-0.39, 0.29) is 11.7 Å². The normalized spacial score (nSPS) is 15.1. The first-order valence-electron chi connectivity index (χ1n) is 9.26. The number of carbonyl (C=O) groups excluding carboxylic acids is 1. The average Bonchev–Trinajstić information content (AvgIpc) is 2.68. The molecule has 1 amide bonds. The summed E-state index contributed by atoms with van der Waals surface area (Å²) in [7, 11) is 0. The van der Waals surface area contributed by atoms with Crippen molar-refractivity contribution < 1.29 is 9.18 Å². The first kappa shape index (κ1) is 18.4. The number of benzene rings is 2. The predicted molar refractivity (Wildman–Crippen MR) is 104 cm³/mol. The number of rotatable bonds is 6. The van der Waals surface area contributed by atoms with Gasteiger partial charge in [-0.3, -0.25) is 9.69 Å². The van der Waals surface area contributed by atoms with E-state index in [4.69, 9.17) is 0 Å². The molecule has 1 N–H and O–H groups in total. The van der Waals surface area contributed by atoms with Crippen molar-refractivity contribution in [3.63, 3.8) is 0 Å². The second-order valence-corrected chi connectivity index (χ2v) is 6.63. The molecule has 1 aliphatic heterocycles. The van der Waals surface area contributed by atoms with E-state index in [0.29, 0.717) is 12.1 Å². The van der Waals surface area contributed by atoms with E-state index in [9.17, 15) is 9.18 Å². The maximum absolute atomic E-state index is 13.9. The highest BCUT2D eigenvalue weighted by molar-refractivity contribution is 5.90. The minimum Gasteiger partial charge on any atom is -0.367 e. The van der Waals surface area contributed by atoms with Gasteiger partial charge in [0.1, 0.15) is 5.82 Å². The van der Waals surface area contributed by atoms with Gasteiger partial charge < -0.3 is 10.2 Å². The molecule has 1 fully saturated rings. The Bertz CT molecular complexity index is 724. The van der Waals surface area contributed by atoms with Crippen molar-refractivity contribution in [3.8, 4) is 0 Å². The third-order valence-electron chi connectivity index (χ3n) is 4.87. The summed E-state index contributed by atoms with van der Waals surface area (Å²) in [6, 6.07) is 14.9. The van der Waals surface area contributed by atoms with Gasteiger partial charge in [0.05, 0.1) is 5.69 Å². The number of aryl methyl sites for hydroxylation is 1. The van der Waals surface area contributed by atoms with Crippen LogP contribution in [-0.2, 0) is 11.2 Å². The van der Waals surface area contributed by atoms with Crippen LogP contribution in [0.5, 0.6) is 0 Å². The second-order valence-electron chi connectivity index (χ2n) is 6.63. The first-order valence-corrected chi connectivity index (χ1v) is 9.26. The Hall–Kier alpha value is -2.40. The number of nitrogens with one attached hydrogen (secondary N) is 1. The van der Waals surface area contributed by atoms with Crippen LogP contribution >= 0.6 is 0 Å². The lowest BCUT2D eigenvalue weighted by Gasteiger charge is -2.36. The van der Waals surface area contributed by atoms with Crippen molar-refractivity contribution in [1.29, 1.82) is 0 Å². The number of hydrogen-bond donors (Lipinski definition) is 1. The maximum atomic E-state index is 13.9. The highest BCUT2D eigenvalue weighted by atomic mass is 19.1. The SMILES string of the molecule is CCc1ccc(NC(=O)CCN2CCN(c3ccccc3F)CC2)cc1. The number of nitrogens with zero attached hydrogens (tertiary/aromatic N) is 2. The summed E-state index contributed by atoms with van der Waals surface area (Å²) in [6.07, 6.45) is 1.46. The molecule has 0 atom stereocenters. The molecule has 0 radical (unpaired) electrons. The van der Waals surface area contributed by atoms with Gasteiger partial charge in [-0.2, -0.15) is 0 Å². The lowest BCUT2D eigenvalue weighted by molar-refractivity contribution is -0.116. The molecular formula is C21H26FN3O. The molecule has 5 heteroatoms. The Kier molecular flexibility index (Phi) is 6.23. The molecule has 1 aliphatic rings. The fourth-order valence-corrected chi connectivity index (χ4v) is 3.23. The van der Waals surface area contributed by atoms with Gasteiger partial charge >= 0.3 is 0 Å². The van der Waals surface area contributed by atoms with Gasteiger partial charge in [0.25, 0.3) is 0 Å². The van der Waals surface area contributed by atoms with Crippen molar-refractivity contribution in [2.75, 3.05) is 42.9 Å². The van der Waals surface area contributed by atoms with Crippen LogP contribution in [0, 0.1) is 5.82 Å². The van der Waals surface area contributed by atoms with Crippen LogP contribution < -0.4 is 10.2 Å². The molecular weight excluding hydrogens is 329 g/mol. The van der Waals surface area contributed by atoms with E-state index in [0.717, 1.165) is 44.8 Å². The van der Waals surface area contributed by atoms with E-state index in [2.05, 4.69) is 22.0 Å². The third kappa shape index (κ3) is 4.82. The van der Waals surface area contributed by atoms with Crippen molar-refractivity contribution in [2.45, 2.75) is 19.8 Å². The van der Waals surface area contributed by atoms with E-state index in [1.54, 1.807) is 6.07 Å². The van der Waals surface area contributed by atoms with Gasteiger partial charge in [0.2, 0.25) is 5.91 Å². The van der Waals surface area contributed by atoms with E-state index in [1.165, 1.54) is 11.6 Å². The summed E-state index contributed by atoms with van der Waals surface area (Å²) in [4.78, 5) is 16.5. The first-order chi connectivity index (χ1) is 12.7. The smallest absolute Gasteiger partial charge is 0.225 e. The zero-order valence-corrected chi connectivity index (χ0v) is 15.2. The number of amides is 1. The van der Waals surface area contributed by atoms with Gasteiger partial charge in [0.15, 0.2) is 0 Å². The second kappa shape index (κ2) is 8.81. The largest absolute Gasteiger partial charge is 0.367 e. The van der Waals surface area contributed by atoms with Crippen LogP contribution in [0.4, 0.5) is 15.8 Å². The standard InChI is InChI=1S/C21H26FN3O/c1-2-17-7-9-18(10-8-17)23-21(26)11-12-24-13-15-25(16-14-24)20-6-4-3-5-19(20)22/h3-10H,2,11-16H2,1H3,(H,23,26). The molecule has 0 spiro atoms. The monoisotopic (exact) mass is 355 g/mol.